The second kappa shape index (κ2) is 9.42. The quantitative estimate of drug-likeness (QED) is 0.295. The first-order valence-corrected chi connectivity index (χ1v) is 11.0. The summed E-state index contributed by atoms with van der Waals surface area (Å²) in [6.07, 6.45) is -0.0772. The number of hydrogen-bond acceptors (Lipinski definition) is 5. The molecule has 34 heavy (non-hydrogen) atoms. The number of carbonyl (C=O) groups is 2. The van der Waals surface area contributed by atoms with Crippen LogP contribution in [0, 0.1) is 11.3 Å². The highest BCUT2D eigenvalue weighted by Gasteiger charge is 2.47. The smallest absolute Gasteiger partial charge is 0.300 e. The fourth-order valence-corrected chi connectivity index (χ4v) is 4.12. The molecule has 0 aliphatic carbocycles. The number of ketones is 1. The molecule has 0 aromatic heterocycles. The van der Waals surface area contributed by atoms with E-state index in [1.54, 1.807) is 66.7 Å². The molecule has 1 aliphatic heterocycles. The molecule has 1 heterocycles. The van der Waals surface area contributed by atoms with E-state index in [1.807, 2.05) is 19.9 Å². The van der Waals surface area contributed by atoms with Crippen LogP contribution in [0.2, 0.25) is 5.02 Å². The third kappa shape index (κ3) is 4.39. The van der Waals surface area contributed by atoms with Gasteiger partial charge in [0.05, 0.1) is 29.4 Å². The molecule has 1 saturated heterocycles. The molecule has 170 valence electrons. The molecule has 4 rings (SSSR count). The number of halogens is 1. The lowest BCUT2D eigenvalue weighted by Crippen LogP contribution is -2.29. The molecule has 3 aromatic rings. The number of nitrogens with zero attached hydrogens (tertiary/aromatic N) is 2. The van der Waals surface area contributed by atoms with E-state index in [-0.39, 0.29) is 17.4 Å². The van der Waals surface area contributed by atoms with Crippen molar-refractivity contribution in [1.82, 2.24) is 0 Å². The molecule has 0 bridgehead atoms. The number of benzene rings is 3. The van der Waals surface area contributed by atoms with Gasteiger partial charge in [-0.2, -0.15) is 5.26 Å². The third-order valence-corrected chi connectivity index (χ3v) is 5.60. The van der Waals surface area contributed by atoms with Crippen molar-refractivity contribution >= 4 is 34.7 Å². The molecule has 7 heteroatoms. The molecule has 1 N–H and O–H groups in total. The second-order valence-corrected chi connectivity index (χ2v) is 8.51. The van der Waals surface area contributed by atoms with Gasteiger partial charge in [-0.25, -0.2) is 0 Å². The minimum atomic E-state index is -0.914. The molecule has 1 fully saturated rings. The Morgan fingerprint density at radius 2 is 1.76 bits per heavy atom. The molecule has 0 spiro atoms. The van der Waals surface area contributed by atoms with E-state index in [2.05, 4.69) is 0 Å². The highest BCUT2D eigenvalue weighted by atomic mass is 35.5. The Morgan fingerprint density at radius 3 is 2.41 bits per heavy atom. The van der Waals surface area contributed by atoms with Gasteiger partial charge in [-0.3, -0.25) is 14.5 Å². The molecule has 1 atom stereocenters. The maximum absolute atomic E-state index is 13.2. The average molecular weight is 473 g/mol. The topological polar surface area (TPSA) is 90.6 Å². The van der Waals surface area contributed by atoms with Crippen LogP contribution in [-0.2, 0) is 9.59 Å². The molecule has 1 unspecified atom stereocenters. The van der Waals surface area contributed by atoms with Crippen molar-refractivity contribution in [2.75, 3.05) is 4.90 Å². The van der Waals surface area contributed by atoms with Gasteiger partial charge in [0.1, 0.15) is 11.5 Å². The standard InChI is InChI=1S/C27H21ClN2O4/c1-16(2)34-22-8-4-5-18(14-22)24-23(25(31)19-6-3-7-20(28)13-19)26(32)27(33)30(24)21-11-9-17(15-29)10-12-21/h3-14,16,24,31H,1-2H3/b25-23-. The van der Waals surface area contributed by atoms with Crippen molar-refractivity contribution in [3.63, 3.8) is 0 Å². The summed E-state index contributed by atoms with van der Waals surface area (Å²) in [5.74, 6) is -1.35. The van der Waals surface area contributed by atoms with Crippen LogP contribution in [0.25, 0.3) is 5.76 Å². The molecule has 1 aliphatic rings. The number of rotatable bonds is 5. The van der Waals surface area contributed by atoms with Gasteiger partial charge in [-0.15, -0.1) is 0 Å². The Hall–Kier alpha value is -4.08. The highest BCUT2D eigenvalue weighted by molar-refractivity contribution is 6.51. The monoisotopic (exact) mass is 472 g/mol. The van der Waals surface area contributed by atoms with Crippen LogP contribution in [0.1, 0.15) is 36.6 Å². The maximum Gasteiger partial charge on any atom is 0.300 e. The van der Waals surface area contributed by atoms with Crippen LogP contribution in [0.15, 0.2) is 78.4 Å². The van der Waals surface area contributed by atoms with Gasteiger partial charge in [0.2, 0.25) is 0 Å². The second-order valence-electron chi connectivity index (χ2n) is 8.08. The summed E-state index contributed by atoms with van der Waals surface area (Å²) in [6.45, 7) is 3.79. The van der Waals surface area contributed by atoms with Crippen LogP contribution in [0.3, 0.4) is 0 Å². The highest BCUT2D eigenvalue weighted by Crippen LogP contribution is 2.43. The summed E-state index contributed by atoms with van der Waals surface area (Å²) >= 11 is 6.10. The van der Waals surface area contributed by atoms with Crippen LogP contribution in [-0.4, -0.2) is 22.9 Å². The largest absolute Gasteiger partial charge is 0.507 e. The predicted octanol–water partition coefficient (Wildman–Crippen LogP) is 5.63. The first-order valence-electron chi connectivity index (χ1n) is 10.6. The fraction of sp³-hybridized carbons (Fsp3) is 0.148. The van der Waals surface area contributed by atoms with Crippen molar-refractivity contribution in [1.29, 1.82) is 5.26 Å². The Bertz CT molecular complexity index is 1340. The molecular formula is C27H21ClN2O4. The number of Topliss-reactive ketones (excluding diaryl/α,β-unsaturated/α-hetero) is 1. The Morgan fingerprint density at radius 1 is 1.06 bits per heavy atom. The van der Waals surface area contributed by atoms with Gasteiger partial charge in [-0.05, 0) is 67.9 Å². The van der Waals surface area contributed by atoms with E-state index in [1.165, 1.54) is 11.0 Å². The number of aliphatic hydroxyl groups excluding tert-OH is 1. The Balaban J connectivity index is 1.93. The fourth-order valence-electron chi connectivity index (χ4n) is 3.93. The number of nitriles is 1. The van der Waals surface area contributed by atoms with E-state index < -0.39 is 17.7 Å². The molecule has 0 radical (unpaired) electrons. The minimum Gasteiger partial charge on any atom is -0.507 e. The normalized spacial score (nSPS) is 17.1. The lowest BCUT2D eigenvalue weighted by Gasteiger charge is -2.26. The zero-order valence-corrected chi connectivity index (χ0v) is 19.3. The van der Waals surface area contributed by atoms with Crippen LogP contribution < -0.4 is 9.64 Å². The first-order chi connectivity index (χ1) is 16.3. The summed E-state index contributed by atoms with van der Waals surface area (Å²) in [6, 6.07) is 21.0. The SMILES string of the molecule is CC(C)Oc1cccc(C2/C(=C(/O)c3cccc(Cl)c3)C(=O)C(=O)N2c2ccc(C#N)cc2)c1. The molecular weight excluding hydrogens is 452 g/mol. The first kappa shape index (κ1) is 23.1. The van der Waals surface area contributed by atoms with Crippen molar-refractivity contribution in [2.45, 2.75) is 26.0 Å². The molecule has 6 nitrogen and oxygen atoms in total. The minimum absolute atomic E-state index is 0.0571. The van der Waals surface area contributed by atoms with Gasteiger partial charge >= 0.3 is 0 Å². The van der Waals surface area contributed by atoms with Gasteiger partial charge in [0.25, 0.3) is 11.7 Å². The van der Waals surface area contributed by atoms with Crippen molar-refractivity contribution in [3.05, 3.63) is 100 Å². The number of amides is 1. The maximum atomic E-state index is 13.2. The van der Waals surface area contributed by atoms with Gasteiger partial charge in [0, 0.05) is 16.3 Å². The Kier molecular flexibility index (Phi) is 6.40. The number of carbonyl (C=O) groups excluding carboxylic acids is 2. The summed E-state index contributed by atoms with van der Waals surface area (Å²) in [5, 5.41) is 20.7. The van der Waals surface area contributed by atoms with Gasteiger partial charge < -0.3 is 9.84 Å². The van der Waals surface area contributed by atoms with Gasteiger partial charge in [0.15, 0.2) is 0 Å². The van der Waals surface area contributed by atoms with Crippen LogP contribution >= 0.6 is 11.6 Å². The van der Waals surface area contributed by atoms with Crippen molar-refractivity contribution in [2.24, 2.45) is 0 Å². The zero-order chi connectivity index (χ0) is 24.4. The number of aliphatic hydroxyl groups is 1. The molecule has 0 saturated carbocycles. The van der Waals surface area contributed by atoms with E-state index in [4.69, 9.17) is 21.6 Å². The zero-order valence-electron chi connectivity index (χ0n) is 18.5. The van der Waals surface area contributed by atoms with Crippen molar-refractivity contribution in [3.8, 4) is 11.8 Å². The lowest BCUT2D eigenvalue weighted by molar-refractivity contribution is -0.132. The van der Waals surface area contributed by atoms with Crippen molar-refractivity contribution < 1.29 is 19.4 Å². The van der Waals surface area contributed by atoms with E-state index in [0.29, 0.717) is 33.1 Å². The predicted molar refractivity (Wildman–Crippen MR) is 130 cm³/mol. The Labute approximate surface area is 202 Å². The van der Waals surface area contributed by atoms with E-state index in [9.17, 15) is 14.7 Å². The average Bonchev–Trinajstić information content (AvgIpc) is 3.09. The van der Waals surface area contributed by atoms with Crippen LogP contribution in [0.5, 0.6) is 5.75 Å². The van der Waals surface area contributed by atoms with E-state index in [0.717, 1.165) is 0 Å². The summed E-state index contributed by atoms with van der Waals surface area (Å²) < 4.78 is 5.81. The number of anilines is 1. The third-order valence-electron chi connectivity index (χ3n) is 5.36. The summed E-state index contributed by atoms with van der Waals surface area (Å²) in [7, 11) is 0. The van der Waals surface area contributed by atoms with Crippen LogP contribution in [0.4, 0.5) is 5.69 Å². The van der Waals surface area contributed by atoms with E-state index >= 15 is 0 Å². The lowest BCUT2D eigenvalue weighted by atomic mass is 9.95. The summed E-state index contributed by atoms with van der Waals surface area (Å²) in [4.78, 5) is 27.8. The number of hydrogen-bond donors (Lipinski definition) is 1. The molecule has 3 aromatic carbocycles. The molecule has 1 amide bonds. The van der Waals surface area contributed by atoms with Gasteiger partial charge in [-0.1, -0.05) is 35.9 Å². The number of ether oxygens (including phenoxy) is 1. The summed E-state index contributed by atoms with van der Waals surface area (Å²) in [5.41, 5.74) is 1.70.